The Morgan fingerprint density at radius 1 is 1.50 bits per heavy atom. The van der Waals surface area contributed by atoms with Crippen LogP contribution >= 0.6 is 0 Å². The van der Waals surface area contributed by atoms with Crippen molar-refractivity contribution in [3.63, 3.8) is 0 Å². The fourth-order valence-electron chi connectivity index (χ4n) is 1.38. The summed E-state index contributed by atoms with van der Waals surface area (Å²) in [6.45, 7) is 0. The van der Waals surface area contributed by atoms with Crippen LogP contribution in [-0.2, 0) is 0 Å². The molecule has 16 heavy (non-hydrogen) atoms. The van der Waals surface area contributed by atoms with Gasteiger partial charge in [-0.1, -0.05) is 11.3 Å². The summed E-state index contributed by atoms with van der Waals surface area (Å²) < 4.78 is 6.44. The molecule has 2 rings (SSSR count). The van der Waals surface area contributed by atoms with E-state index in [2.05, 4.69) is 10.3 Å². The maximum atomic E-state index is 10.8. The zero-order valence-corrected chi connectivity index (χ0v) is 8.40. The fourth-order valence-corrected chi connectivity index (χ4v) is 1.38. The van der Waals surface area contributed by atoms with Crippen molar-refractivity contribution in [3.8, 4) is 11.4 Å². The summed E-state index contributed by atoms with van der Waals surface area (Å²) in [5.74, 6) is 0.165. The molecule has 0 aliphatic rings. The second kappa shape index (κ2) is 3.97. The number of aromatic nitrogens is 3. The standard InChI is InChI=1S/C9H8N4O3/c1-16-9-7(12-6-5-10-11-12)3-2-4-8(9)13(14)15/h2-6H,1H3. The Hall–Kier alpha value is -2.44. The van der Waals surface area contributed by atoms with Crippen LogP contribution in [0, 0.1) is 10.1 Å². The lowest BCUT2D eigenvalue weighted by atomic mass is 10.2. The summed E-state index contributed by atoms with van der Waals surface area (Å²) in [5, 5.41) is 18.2. The molecule has 0 radical (unpaired) electrons. The third kappa shape index (κ3) is 1.58. The zero-order chi connectivity index (χ0) is 11.5. The lowest BCUT2D eigenvalue weighted by Crippen LogP contribution is -2.02. The SMILES string of the molecule is COc1c(-n2ccnn2)cccc1[N+](=O)[O-]. The Morgan fingerprint density at radius 3 is 2.88 bits per heavy atom. The number of rotatable bonds is 3. The zero-order valence-electron chi connectivity index (χ0n) is 8.40. The molecule has 0 bridgehead atoms. The van der Waals surface area contributed by atoms with Crippen LogP contribution in [0.25, 0.3) is 5.69 Å². The molecule has 7 heteroatoms. The van der Waals surface area contributed by atoms with Crippen LogP contribution in [0.2, 0.25) is 0 Å². The molecule has 0 atom stereocenters. The van der Waals surface area contributed by atoms with E-state index in [0.29, 0.717) is 5.69 Å². The molecule has 2 aromatic rings. The first kappa shape index (κ1) is 10.1. The van der Waals surface area contributed by atoms with Crippen LogP contribution < -0.4 is 4.74 Å². The number of nitrogens with zero attached hydrogens (tertiary/aromatic N) is 4. The van der Waals surface area contributed by atoms with Gasteiger partial charge in [0.25, 0.3) is 0 Å². The molecule has 0 N–H and O–H groups in total. The normalized spacial score (nSPS) is 10.1. The lowest BCUT2D eigenvalue weighted by molar-refractivity contribution is -0.385. The maximum Gasteiger partial charge on any atom is 0.313 e. The Kier molecular flexibility index (Phi) is 2.50. The second-order valence-electron chi connectivity index (χ2n) is 2.93. The first-order valence-corrected chi connectivity index (χ1v) is 4.42. The first-order chi connectivity index (χ1) is 7.74. The summed E-state index contributed by atoms with van der Waals surface area (Å²) in [6, 6.07) is 4.61. The van der Waals surface area contributed by atoms with Gasteiger partial charge in [0.2, 0.25) is 5.75 Å². The largest absolute Gasteiger partial charge is 0.489 e. The third-order valence-electron chi connectivity index (χ3n) is 2.04. The van der Waals surface area contributed by atoms with E-state index in [1.165, 1.54) is 24.1 Å². The van der Waals surface area contributed by atoms with Gasteiger partial charge in [-0.2, -0.15) is 0 Å². The van der Waals surface area contributed by atoms with Crippen molar-refractivity contribution < 1.29 is 9.66 Å². The maximum absolute atomic E-state index is 10.8. The lowest BCUT2D eigenvalue weighted by Gasteiger charge is -2.07. The Labute approximate surface area is 90.4 Å². The van der Waals surface area contributed by atoms with Gasteiger partial charge in [0.05, 0.1) is 24.4 Å². The molecule has 1 aromatic carbocycles. The molecule has 0 fully saturated rings. The van der Waals surface area contributed by atoms with Crippen molar-refractivity contribution >= 4 is 5.69 Å². The van der Waals surface area contributed by atoms with E-state index < -0.39 is 4.92 Å². The first-order valence-electron chi connectivity index (χ1n) is 4.42. The predicted octanol–water partition coefficient (Wildman–Crippen LogP) is 1.18. The highest BCUT2D eigenvalue weighted by Crippen LogP contribution is 2.32. The monoisotopic (exact) mass is 220 g/mol. The molecule has 82 valence electrons. The molecule has 0 saturated carbocycles. The highest BCUT2D eigenvalue weighted by Gasteiger charge is 2.19. The smallest absolute Gasteiger partial charge is 0.313 e. The summed E-state index contributed by atoms with van der Waals surface area (Å²) >= 11 is 0. The van der Waals surface area contributed by atoms with E-state index >= 15 is 0 Å². The van der Waals surface area contributed by atoms with E-state index in [4.69, 9.17) is 4.74 Å². The number of ether oxygens (including phenoxy) is 1. The van der Waals surface area contributed by atoms with Crippen molar-refractivity contribution in [3.05, 3.63) is 40.7 Å². The molecule has 7 nitrogen and oxygen atoms in total. The fraction of sp³-hybridized carbons (Fsp3) is 0.111. The number of benzene rings is 1. The van der Waals surface area contributed by atoms with Crippen molar-refractivity contribution in [2.45, 2.75) is 0 Å². The van der Waals surface area contributed by atoms with Gasteiger partial charge in [-0.25, -0.2) is 4.68 Å². The average molecular weight is 220 g/mol. The van der Waals surface area contributed by atoms with Crippen molar-refractivity contribution in [2.75, 3.05) is 7.11 Å². The topological polar surface area (TPSA) is 83.1 Å². The third-order valence-corrected chi connectivity index (χ3v) is 2.04. The van der Waals surface area contributed by atoms with E-state index in [1.807, 2.05) is 0 Å². The number of nitro benzene ring substituents is 1. The number of hydrogen-bond acceptors (Lipinski definition) is 5. The van der Waals surface area contributed by atoms with Gasteiger partial charge in [-0.05, 0) is 6.07 Å². The van der Waals surface area contributed by atoms with Gasteiger partial charge >= 0.3 is 5.69 Å². The van der Waals surface area contributed by atoms with E-state index in [9.17, 15) is 10.1 Å². The minimum Gasteiger partial charge on any atom is -0.489 e. The van der Waals surface area contributed by atoms with Crippen LogP contribution in [0.4, 0.5) is 5.69 Å². The summed E-state index contributed by atoms with van der Waals surface area (Å²) in [4.78, 5) is 10.3. The van der Waals surface area contributed by atoms with Gasteiger partial charge in [-0.15, -0.1) is 5.10 Å². The molecule has 0 aliphatic carbocycles. The average Bonchev–Trinajstić information content (AvgIpc) is 2.81. The van der Waals surface area contributed by atoms with Gasteiger partial charge in [-0.3, -0.25) is 10.1 Å². The molecule has 1 heterocycles. The molecular weight excluding hydrogens is 212 g/mol. The Balaban J connectivity index is 2.62. The minimum atomic E-state index is -0.501. The highest BCUT2D eigenvalue weighted by molar-refractivity contribution is 5.59. The van der Waals surface area contributed by atoms with Gasteiger partial charge in [0, 0.05) is 6.07 Å². The van der Waals surface area contributed by atoms with Crippen LogP contribution in [0.5, 0.6) is 5.75 Å². The second-order valence-corrected chi connectivity index (χ2v) is 2.93. The predicted molar refractivity (Wildman–Crippen MR) is 54.6 cm³/mol. The number of para-hydroxylation sites is 1. The highest BCUT2D eigenvalue weighted by atomic mass is 16.6. The van der Waals surface area contributed by atoms with Crippen LogP contribution in [0.1, 0.15) is 0 Å². The molecular formula is C9H8N4O3. The Bertz CT molecular complexity index is 509. The van der Waals surface area contributed by atoms with Gasteiger partial charge < -0.3 is 4.74 Å². The Morgan fingerprint density at radius 2 is 2.31 bits per heavy atom. The number of nitro groups is 1. The van der Waals surface area contributed by atoms with E-state index in [0.717, 1.165) is 0 Å². The summed E-state index contributed by atoms with van der Waals surface area (Å²) in [7, 11) is 1.38. The van der Waals surface area contributed by atoms with Gasteiger partial charge in [0.15, 0.2) is 0 Å². The van der Waals surface area contributed by atoms with Crippen LogP contribution in [-0.4, -0.2) is 27.0 Å². The summed E-state index contributed by atoms with van der Waals surface area (Å²) in [6.07, 6.45) is 3.07. The van der Waals surface area contributed by atoms with Crippen LogP contribution in [0.15, 0.2) is 30.6 Å². The van der Waals surface area contributed by atoms with Crippen molar-refractivity contribution in [1.82, 2.24) is 15.0 Å². The number of methoxy groups -OCH3 is 1. The summed E-state index contributed by atoms with van der Waals surface area (Å²) in [5.41, 5.74) is 0.379. The quantitative estimate of drug-likeness (QED) is 0.573. The van der Waals surface area contributed by atoms with E-state index in [1.54, 1.807) is 18.3 Å². The molecule has 0 aliphatic heterocycles. The molecule has 0 spiro atoms. The number of hydrogen-bond donors (Lipinski definition) is 0. The molecule has 0 saturated heterocycles. The van der Waals surface area contributed by atoms with Gasteiger partial charge in [0.1, 0.15) is 5.69 Å². The van der Waals surface area contributed by atoms with Crippen molar-refractivity contribution in [2.24, 2.45) is 0 Å². The minimum absolute atomic E-state index is 0.101. The molecule has 0 unspecified atom stereocenters. The van der Waals surface area contributed by atoms with E-state index in [-0.39, 0.29) is 11.4 Å². The molecule has 0 amide bonds. The van der Waals surface area contributed by atoms with Crippen LogP contribution in [0.3, 0.4) is 0 Å². The van der Waals surface area contributed by atoms with Crippen molar-refractivity contribution in [1.29, 1.82) is 0 Å². The molecule has 1 aromatic heterocycles.